The van der Waals surface area contributed by atoms with Gasteiger partial charge >= 0.3 is 18.2 Å². The molecule has 2 rings (SSSR count). The molecular weight excluding hydrogens is 456 g/mol. The standard InChI is InChI=1S/C23H40N6O6/c1-22(2,3)34-19(31)24-13-11-10-12-14(25-20(32)35-23(4,5)6)16-26-17-15(27(16)7)18(30)29(9)21(33)28(17)8/h14-15,17H,10-13H2,1-9H3,(H,24,31)(H,25,32). The monoisotopic (exact) mass is 496 g/mol. The van der Waals surface area contributed by atoms with Crippen LogP contribution in [0.4, 0.5) is 14.4 Å². The second kappa shape index (κ2) is 10.7. The Hall–Kier alpha value is -3.05. The number of hydrogen-bond donors (Lipinski definition) is 2. The maximum Gasteiger partial charge on any atom is 0.408 e. The Morgan fingerprint density at radius 1 is 0.943 bits per heavy atom. The van der Waals surface area contributed by atoms with Crippen molar-refractivity contribution >= 4 is 30.0 Å². The van der Waals surface area contributed by atoms with Crippen molar-refractivity contribution in [2.75, 3.05) is 27.7 Å². The first-order chi connectivity index (χ1) is 16.0. The van der Waals surface area contributed by atoms with Gasteiger partial charge in [-0.3, -0.25) is 9.69 Å². The molecular formula is C23H40N6O6. The number of amides is 5. The number of aliphatic imine (C=N–C) groups is 1. The number of ether oxygens (including phenoxy) is 2. The van der Waals surface area contributed by atoms with Crippen molar-refractivity contribution in [2.24, 2.45) is 4.99 Å². The van der Waals surface area contributed by atoms with Crippen molar-refractivity contribution in [3.8, 4) is 0 Å². The van der Waals surface area contributed by atoms with Crippen LogP contribution in [0.1, 0.15) is 60.8 Å². The number of fused-ring (bicyclic) bond motifs is 1. The van der Waals surface area contributed by atoms with Crippen molar-refractivity contribution in [3.63, 3.8) is 0 Å². The minimum Gasteiger partial charge on any atom is -0.444 e. The molecule has 2 N–H and O–H groups in total. The normalized spacial score (nSPS) is 21.4. The molecule has 0 aromatic heterocycles. The molecule has 0 aromatic rings. The van der Waals surface area contributed by atoms with Crippen LogP contribution in [0, 0.1) is 0 Å². The number of urea groups is 1. The summed E-state index contributed by atoms with van der Waals surface area (Å²) >= 11 is 0. The third-order valence-electron chi connectivity index (χ3n) is 5.49. The minimum absolute atomic E-state index is 0.350. The number of amidine groups is 1. The van der Waals surface area contributed by atoms with Gasteiger partial charge in [-0.2, -0.15) is 0 Å². The predicted octanol–water partition coefficient (Wildman–Crippen LogP) is 2.14. The molecule has 5 amide bonds. The summed E-state index contributed by atoms with van der Waals surface area (Å²) in [5.74, 6) is 0.145. The summed E-state index contributed by atoms with van der Waals surface area (Å²) in [5, 5.41) is 5.58. The zero-order valence-corrected chi connectivity index (χ0v) is 22.3. The molecule has 2 heterocycles. The van der Waals surface area contributed by atoms with E-state index in [2.05, 4.69) is 15.6 Å². The highest BCUT2D eigenvalue weighted by atomic mass is 16.6. The van der Waals surface area contributed by atoms with Crippen LogP contribution in [0.3, 0.4) is 0 Å². The first kappa shape index (κ1) is 28.2. The van der Waals surface area contributed by atoms with Gasteiger partial charge in [0, 0.05) is 27.7 Å². The average molecular weight is 497 g/mol. The van der Waals surface area contributed by atoms with Gasteiger partial charge in [0.2, 0.25) is 0 Å². The number of hydrogen-bond acceptors (Lipinski definition) is 8. The lowest BCUT2D eigenvalue weighted by Crippen LogP contribution is -2.63. The second-order valence-electron chi connectivity index (χ2n) is 10.9. The van der Waals surface area contributed by atoms with E-state index in [9.17, 15) is 19.2 Å². The molecule has 0 spiro atoms. The Balaban J connectivity index is 2.10. The van der Waals surface area contributed by atoms with Crippen molar-refractivity contribution in [1.29, 1.82) is 0 Å². The molecule has 35 heavy (non-hydrogen) atoms. The van der Waals surface area contributed by atoms with Gasteiger partial charge in [0.25, 0.3) is 5.91 Å². The summed E-state index contributed by atoms with van der Waals surface area (Å²) in [6.07, 6.45) is -0.00700. The zero-order valence-electron chi connectivity index (χ0n) is 22.3. The number of carbonyl (C=O) groups is 4. The molecule has 3 unspecified atom stereocenters. The van der Waals surface area contributed by atoms with Gasteiger partial charge in [0.05, 0.1) is 6.04 Å². The molecule has 0 aromatic carbocycles. The van der Waals surface area contributed by atoms with Crippen LogP contribution in [0.5, 0.6) is 0 Å². The number of imide groups is 1. The summed E-state index contributed by atoms with van der Waals surface area (Å²) in [4.78, 5) is 58.5. The van der Waals surface area contributed by atoms with Crippen molar-refractivity contribution in [1.82, 2.24) is 25.3 Å². The van der Waals surface area contributed by atoms with Gasteiger partial charge < -0.3 is 29.9 Å². The largest absolute Gasteiger partial charge is 0.444 e. The van der Waals surface area contributed by atoms with Gasteiger partial charge in [-0.15, -0.1) is 0 Å². The Morgan fingerprint density at radius 3 is 2.09 bits per heavy atom. The van der Waals surface area contributed by atoms with Crippen LogP contribution in [-0.2, 0) is 14.3 Å². The lowest BCUT2D eigenvalue weighted by atomic mass is 10.1. The van der Waals surface area contributed by atoms with E-state index in [1.165, 1.54) is 11.9 Å². The molecule has 2 aliphatic heterocycles. The Bertz CT molecular complexity index is 862. The van der Waals surface area contributed by atoms with Crippen LogP contribution in [0.25, 0.3) is 0 Å². The number of unbranched alkanes of at least 4 members (excludes halogenated alkanes) is 1. The van der Waals surface area contributed by atoms with E-state index in [4.69, 9.17) is 9.47 Å². The quantitative estimate of drug-likeness (QED) is 0.516. The highest BCUT2D eigenvalue weighted by Gasteiger charge is 2.51. The molecule has 0 bridgehead atoms. The summed E-state index contributed by atoms with van der Waals surface area (Å²) in [7, 11) is 4.77. The molecule has 12 heteroatoms. The van der Waals surface area contributed by atoms with Gasteiger partial charge in [-0.25, -0.2) is 19.4 Å². The molecule has 2 aliphatic rings. The second-order valence-corrected chi connectivity index (χ2v) is 10.9. The van der Waals surface area contributed by atoms with Crippen LogP contribution in [0.2, 0.25) is 0 Å². The fourth-order valence-electron chi connectivity index (χ4n) is 3.90. The van der Waals surface area contributed by atoms with Crippen molar-refractivity contribution < 1.29 is 28.7 Å². The van der Waals surface area contributed by atoms with E-state index in [0.717, 1.165) is 4.90 Å². The SMILES string of the molecule is CN1C(=O)C2C(N=C(C(CCCCNC(=O)OC(C)(C)C)NC(=O)OC(C)(C)C)N2C)N(C)C1=O. The molecule has 0 saturated carbocycles. The van der Waals surface area contributed by atoms with E-state index in [1.807, 2.05) is 0 Å². The topological polar surface area (TPSA) is 133 Å². The minimum atomic E-state index is -0.686. The number of nitrogens with one attached hydrogen (secondary N) is 2. The predicted molar refractivity (Wildman–Crippen MR) is 130 cm³/mol. The highest BCUT2D eigenvalue weighted by Crippen LogP contribution is 2.27. The summed E-state index contributed by atoms with van der Waals surface area (Å²) < 4.78 is 10.7. The van der Waals surface area contributed by atoms with E-state index < -0.39 is 47.7 Å². The molecule has 1 fully saturated rings. The maximum absolute atomic E-state index is 12.8. The number of likely N-dealkylation sites (N-methyl/N-ethyl adjacent to an activating group) is 3. The number of carbonyl (C=O) groups excluding carboxylic acids is 4. The van der Waals surface area contributed by atoms with Gasteiger partial charge in [-0.1, -0.05) is 0 Å². The van der Waals surface area contributed by atoms with Crippen LogP contribution < -0.4 is 10.6 Å². The lowest BCUT2D eigenvalue weighted by molar-refractivity contribution is -0.135. The smallest absolute Gasteiger partial charge is 0.408 e. The van der Waals surface area contributed by atoms with Crippen LogP contribution >= 0.6 is 0 Å². The number of alkyl carbamates (subject to hydrolysis) is 2. The van der Waals surface area contributed by atoms with Gasteiger partial charge in [0.15, 0.2) is 12.2 Å². The van der Waals surface area contributed by atoms with Crippen LogP contribution in [-0.4, -0.2) is 102 Å². The molecule has 12 nitrogen and oxygen atoms in total. The first-order valence-electron chi connectivity index (χ1n) is 11.8. The van der Waals surface area contributed by atoms with E-state index in [-0.39, 0.29) is 5.91 Å². The zero-order chi connectivity index (χ0) is 26.7. The third kappa shape index (κ3) is 7.46. The Kier molecular flexibility index (Phi) is 8.61. The van der Waals surface area contributed by atoms with Gasteiger partial charge in [-0.05, 0) is 60.8 Å². The summed E-state index contributed by atoms with van der Waals surface area (Å²) in [5.41, 5.74) is -1.26. The van der Waals surface area contributed by atoms with E-state index in [1.54, 1.807) is 60.5 Å². The first-order valence-corrected chi connectivity index (χ1v) is 11.8. The molecule has 198 valence electrons. The highest BCUT2D eigenvalue weighted by molar-refractivity contribution is 6.05. The fourth-order valence-corrected chi connectivity index (χ4v) is 3.90. The average Bonchev–Trinajstić information content (AvgIpc) is 3.04. The number of rotatable bonds is 7. The molecule has 3 atom stereocenters. The number of nitrogens with zero attached hydrogens (tertiary/aromatic N) is 4. The Labute approximate surface area is 207 Å². The van der Waals surface area contributed by atoms with Crippen molar-refractivity contribution in [3.05, 3.63) is 0 Å². The summed E-state index contributed by atoms with van der Waals surface area (Å²) in [6, 6.07) is -1.66. The van der Waals surface area contributed by atoms with Crippen molar-refractivity contribution in [2.45, 2.75) is 90.3 Å². The molecule has 0 radical (unpaired) electrons. The third-order valence-corrected chi connectivity index (χ3v) is 5.49. The summed E-state index contributed by atoms with van der Waals surface area (Å²) in [6.45, 7) is 11.1. The molecule has 1 saturated heterocycles. The Morgan fingerprint density at radius 2 is 1.51 bits per heavy atom. The van der Waals surface area contributed by atoms with Gasteiger partial charge in [0.1, 0.15) is 17.0 Å². The maximum atomic E-state index is 12.8. The molecule has 0 aliphatic carbocycles. The fraction of sp³-hybridized carbons (Fsp3) is 0.783. The lowest BCUT2D eigenvalue weighted by Gasteiger charge is -2.39. The van der Waals surface area contributed by atoms with E-state index in [0.29, 0.717) is 31.6 Å². The van der Waals surface area contributed by atoms with Crippen LogP contribution in [0.15, 0.2) is 4.99 Å². The van der Waals surface area contributed by atoms with E-state index >= 15 is 0 Å².